The van der Waals surface area contributed by atoms with Crippen LogP contribution in [-0.2, 0) is 13.0 Å². The molecule has 1 aliphatic heterocycles. The molecule has 1 aromatic rings. The van der Waals surface area contributed by atoms with E-state index in [0.29, 0.717) is 0 Å². The molecule has 2 heterocycles. The second-order valence-corrected chi connectivity index (χ2v) is 3.01. The number of aromatic nitrogens is 1. The maximum atomic E-state index is 10.8. The maximum absolute atomic E-state index is 10.8. The van der Waals surface area contributed by atoms with E-state index in [1.165, 1.54) is 0 Å². The topological polar surface area (TPSA) is 68.0 Å². The molecule has 13 heavy (non-hydrogen) atoms. The largest absolute Gasteiger partial charge is 0.364 e. The highest BCUT2D eigenvalue weighted by molar-refractivity contribution is 5.90. The molecule has 0 spiro atoms. The van der Waals surface area contributed by atoms with E-state index >= 15 is 0 Å². The van der Waals surface area contributed by atoms with Crippen LogP contribution >= 0.6 is 0 Å². The maximum Gasteiger partial charge on any atom is 0.267 e. The summed E-state index contributed by atoms with van der Waals surface area (Å²) in [7, 11) is 0. The number of carbonyl (C=O) groups is 1. The first-order valence-electron chi connectivity index (χ1n) is 4.18. The zero-order valence-electron chi connectivity index (χ0n) is 7.13. The third-order valence-electron chi connectivity index (χ3n) is 2.09. The summed E-state index contributed by atoms with van der Waals surface area (Å²) in [6.07, 6.45) is 0.851. The van der Waals surface area contributed by atoms with Gasteiger partial charge in [0.2, 0.25) is 0 Å². The Balaban J connectivity index is 2.40. The van der Waals surface area contributed by atoms with E-state index in [9.17, 15) is 4.79 Å². The first-order chi connectivity index (χ1) is 6.27. The Morgan fingerprint density at radius 2 is 2.54 bits per heavy atom. The molecule has 0 fully saturated rings. The Bertz CT molecular complexity index is 349. The Morgan fingerprint density at radius 3 is 3.31 bits per heavy atom. The zero-order valence-corrected chi connectivity index (χ0v) is 7.13. The van der Waals surface area contributed by atoms with Gasteiger partial charge in [-0.3, -0.25) is 4.79 Å². The van der Waals surface area contributed by atoms with Crippen molar-refractivity contribution in [2.24, 2.45) is 5.73 Å². The lowest BCUT2D eigenvalue weighted by atomic mass is 10.1. The molecule has 2 rings (SSSR count). The fourth-order valence-corrected chi connectivity index (χ4v) is 1.40. The van der Waals surface area contributed by atoms with Gasteiger partial charge in [0.1, 0.15) is 5.69 Å². The molecule has 0 unspecified atom stereocenters. The second kappa shape index (κ2) is 3.14. The predicted molar refractivity (Wildman–Crippen MR) is 47.0 cm³/mol. The van der Waals surface area contributed by atoms with Gasteiger partial charge in [0.25, 0.3) is 5.91 Å². The number of nitrogens with one attached hydrogen (secondary N) is 1. The van der Waals surface area contributed by atoms with E-state index in [2.05, 4.69) is 16.4 Å². The van der Waals surface area contributed by atoms with Crippen LogP contribution in [0.15, 0.2) is 6.07 Å². The molecule has 1 radical (unpaired) electrons. The number of primary amides is 1. The Morgan fingerprint density at radius 1 is 1.69 bits per heavy atom. The van der Waals surface area contributed by atoms with E-state index in [1.807, 2.05) is 0 Å². The smallest absolute Gasteiger partial charge is 0.267 e. The van der Waals surface area contributed by atoms with Gasteiger partial charge in [-0.1, -0.05) is 0 Å². The van der Waals surface area contributed by atoms with E-state index < -0.39 is 5.91 Å². The van der Waals surface area contributed by atoms with Crippen LogP contribution in [0.4, 0.5) is 0 Å². The van der Waals surface area contributed by atoms with Crippen molar-refractivity contribution in [3.05, 3.63) is 29.1 Å². The fourth-order valence-electron chi connectivity index (χ4n) is 1.40. The van der Waals surface area contributed by atoms with Gasteiger partial charge in [-0.25, -0.2) is 4.98 Å². The van der Waals surface area contributed by atoms with Gasteiger partial charge in [-0.2, -0.15) is 0 Å². The molecule has 1 amide bonds. The minimum atomic E-state index is -0.513. The minimum Gasteiger partial charge on any atom is -0.364 e. The van der Waals surface area contributed by atoms with Gasteiger partial charge in [0, 0.05) is 31.3 Å². The number of rotatable bonds is 1. The summed E-state index contributed by atoms with van der Waals surface area (Å²) >= 11 is 0. The lowest BCUT2D eigenvalue weighted by Gasteiger charge is -2.15. The highest BCUT2D eigenvalue weighted by Gasteiger charge is 2.12. The Hall–Kier alpha value is -1.42. The van der Waals surface area contributed by atoms with Gasteiger partial charge in [0.05, 0.1) is 0 Å². The molecule has 4 nitrogen and oxygen atoms in total. The van der Waals surface area contributed by atoms with Crippen LogP contribution in [0, 0.1) is 6.07 Å². The molecule has 0 aromatic carbocycles. The molecule has 0 aliphatic carbocycles. The normalized spacial score (nSPS) is 15.1. The number of hydrogen-bond acceptors (Lipinski definition) is 3. The fraction of sp³-hybridized carbons (Fsp3) is 0.333. The summed E-state index contributed by atoms with van der Waals surface area (Å²) in [5.74, 6) is -0.513. The molecule has 4 heteroatoms. The molecule has 0 saturated heterocycles. The molecule has 1 aromatic heterocycles. The van der Waals surface area contributed by atoms with Crippen LogP contribution in [0.3, 0.4) is 0 Å². The molecule has 67 valence electrons. The number of hydrogen-bond donors (Lipinski definition) is 2. The third kappa shape index (κ3) is 1.53. The van der Waals surface area contributed by atoms with Crippen LogP contribution in [0.5, 0.6) is 0 Å². The quantitative estimate of drug-likeness (QED) is 0.613. The number of fused-ring (bicyclic) bond motifs is 1. The SMILES string of the molecule is NC(=O)c1[c]cc2c(n1)CCNC2. The van der Waals surface area contributed by atoms with Crippen molar-refractivity contribution in [3.8, 4) is 0 Å². The monoisotopic (exact) mass is 176 g/mol. The summed E-state index contributed by atoms with van der Waals surface area (Å²) in [6.45, 7) is 1.71. The van der Waals surface area contributed by atoms with Crippen molar-refractivity contribution < 1.29 is 4.79 Å². The second-order valence-electron chi connectivity index (χ2n) is 3.01. The van der Waals surface area contributed by atoms with E-state index in [0.717, 1.165) is 30.8 Å². The van der Waals surface area contributed by atoms with Crippen LogP contribution in [0.25, 0.3) is 0 Å². The summed E-state index contributed by atoms with van der Waals surface area (Å²) in [5, 5.41) is 3.21. The molecule has 0 bridgehead atoms. The van der Waals surface area contributed by atoms with E-state index in [-0.39, 0.29) is 5.69 Å². The average molecular weight is 176 g/mol. The van der Waals surface area contributed by atoms with Crippen LogP contribution < -0.4 is 11.1 Å². The van der Waals surface area contributed by atoms with Crippen LogP contribution in [0.2, 0.25) is 0 Å². The molecule has 0 saturated carbocycles. The third-order valence-corrected chi connectivity index (χ3v) is 2.09. The van der Waals surface area contributed by atoms with Crippen molar-refractivity contribution in [1.82, 2.24) is 10.3 Å². The summed E-state index contributed by atoms with van der Waals surface area (Å²) < 4.78 is 0. The summed E-state index contributed by atoms with van der Waals surface area (Å²) in [4.78, 5) is 14.9. The summed E-state index contributed by atoms with van der Waals surface area (Å²) in [5.41, 5.74) is 7.41. The highest BCUT2D eigenvalue weighted by atomic mass is 16.1. The van der Waals surface area contributed by atoms with Gasteiger partial charge in [-0.05, 0) is 11.6 Å². The van der Waals surface area contributed by atoms with Crippen molar-refractivity contribution >= 4 is 5.91 Å². The van der Waals surface area contributed by atoms with Gasteiger partial charge in [0.15, 0.2) is 0 Å². The molecular weight excluding hydrogens is 166 g/mol. The van der Waals surface area contributed by atoms with E-state index in [1.54, 1.807) is 6.07 Å². The standard InChI is InChI=1S/C9H10N3O/c10-9(13)8-2-1-6-5-11-4-3-7(6)12-8/h1,11H,3-5H2,(H2,10,13). The van der Waals surface area contributed by atoms with Gasteiger partial charge in [-0.15, -0.1) is 0 Å². The Labute approximate surface area is 76.2 Å². The lowest BCUT2D eigenvalue weighted by molar-refractivity contribution is 0.0995. The zero-order chi connectivity index (χ0) is 9.26. The van der Waals surface area contributed by atoms with Crippen molar-refractivity contribution in [2.75, 3.05) is 6.54 Å². The number of nitrogens with two attached hydrogens (primary N) is 1. The van der Waals surface area contributed by atoms with Crippen molar-refractivity contribution in [3.63, 3.8) is 0 Å². The molecular formula is C9H10N3O. The van der Waals surface area contributed by atoms with Crippen molar-refractivity contribution in [2.45, 2.75) is 13.0 Å². The minimum absolute atomic E-state index is 0.237. The Kier molecular flexibility index (Phi) is 1.98. The average Bonchev–Trinajstić information content (AvgIpc) is 2.17. The van der Waals surface area contributed by atoms with E-state index in [4.69, 9.17) is 5.73 Å². The van der Waals surface area contributed by atoms with Crippen LogP contribution in [-0.4, -0.2) is 17.4 Å². The number of carbonyl (C=O) groups excluding carboxylic acids is 1. The number of amides is 1. The van der Waals surface area contributed by atoms with Crippen LogP contribution in [0.1, 0.15) is 21.7 Å². The van der Waals surface area contributed by atoms with Gasteiger partial charge >= 0.3 is 0 Å². The predicted octanol–water partition coefficient (Wildman–Crippen LogP) is -0.374. The van der Waals surface area contributed by atoms with Crippen molar-refractivity contribution in [1.29, 1.82) is 0 Å². The lowest BCUT2D eigenvalue weighted by Crippen LogP contribution is -2.26. The number of pyridine rings is 1. The number of nitrogens with zero attached hydrogens (tertiary/aromatic N) is 1. The summed E-state index contributed by atoms with van der Waals surface area (Å²) in [6, 6.07) is 4.56. The molecule has 1 aliphatic rings. The molecule has 0 atom stereocenters. The first kappa shape index (κ1) is 8.19. The highest BCUT2D eigenvalue weighted by Crippen LogP contribution is 2.11. The first-order valence-corrected chi connectivity index (χ1v) is 4.18. The van der Waals surface area contributed by atoms with Gasteiger partial charge < -0.3 is 11.1 Å². The molecule has 3 N–H and O–H groups in total.